The topological polar surface area (TPSA) is 21.3 Å². The number of benzene rings is 2. The van der Waals surface area contributed by atoms with E-state index < -0.39 is 5.82 Å². The zero-order valence-corrected chi connectivity index (χ0v) is 10.5. The highest BCUT2D eigenvalue weighted by Crippen LogP contribution is 2.19. The van der Waals surface area contributed by atoms with Crippen molar-refractivity contribution >= 4 is 11.6 Å². The molecule has 0 aromatic heterocycles. The van der Waals surface area contributed by atoms with E-state index in [2.05, 4.69) is 5.48 Å². The second-order valence-corrected chi connectivity index (χ2v) is 4.19. The zero-order chi connectivity index (χ0) is 12.8. The van der Waals surface area contributed by atoms with Gasteiger partial charge in [-0.2, -0.15) is 5.48 Å². The monoisotopic (exact) mass is 265 g/mol. The molecule has 0 aliphatic rings. The molecule has 94 valence electrons. The summed E-state index contributed by atoms with van der Waals surface area (Å²) in [5.74, 6) is -0.418. The van der Waals surface area contributed by atoms with Gasteiger partial charge in [-0.15, -0.1) is 0 Å². The fourth-order valence-electron chi connectivity index (χ4n) is 1.52. The molecule has 2 rings (SSSR count). The first-order chi connectivity index (χ1) is 8.77. The van der Waals surface area contributed by atoms with Crippen molar-refractivity contribution in [3.05, 3.63) is 70.5 Å². The number of rotatable bonds is 5. The van der Waals surface area contributed by atoms with Crippen molar-refractivity contribution < 1.29 is 9.23 Å². The van der Waals surface area contributed by atoms with Crippen LogP contribution in [0.4, 0.5) is 4.39 Å². The van der Waals surface area contributed by atoms with Crippen molar-refractivity contribution in [2.75, 3.05) is 0 Å². The second kappa shape index (κ2) is 6.50. The molecule has 2 aromatic carbocycles. The lowest BCUT2D eigenvalue weighted by Gasteiger charge is -2.07. The maximum absolute atomic E-state index is 13.2. The van der Waals surface area contributed by atoms with E-state index in [-0.39, 0.29) is 5.02 Å². The highest BCUT2D eigenvalue weighted by Gasteiger charge is 2.04. The molecular formula is C14H13ClFNO. The van der Waals surface area contributed by atoms with E-state index >= 15 is 0 Å². The van der Waals surface area contributed by atoms with E-state index in [0.717, 1.165) is 5.56 Å². The Morgan fingerprint density at radius 2 is 1.83 bits per heavy atom. The predicted molar refractivity (Wildman–Crippen MR) is 69.5 cm³/mol. The highest BCUT2D eigenvalue weighted by molar-refractivity contribution is 6.31. The third-order valence-electron chi connectivity index (χ3n) is 2.48. The van der Waals surface area contributed by atoms with Gasteiger partial charge in [0, 0.05) is 6.54 Å². The lowest BCUT2D eigenvalue weighted by Crippen LogP contribution is -2.14. The van der Waals surface area contributed by atoms with Crippen molar-refractivity contribution in [2.45, 2.75) is 13.2 Å². The molecule has 0 heterocycles. The Morgan fingerprint density at radius 1 is 1.06 bits per heavy atom. The molecule has 0 aliphatic heterocycles. The van der Waals surface area contributed by atoms with Gasteiger partial charge in [-0.25, -0.2) is 4.39 Å². The van der Waals surface area contributed by atoms with E-state index in [1.165, 1.54) is 6.07 Å². The van der Waals surface area contributed by atoms with Crippen LogP contribution >= 0.6 is 11.6 Å². The molecule has 0 bridgehead atoms. The second-order valence-electron chi connectivity index (χ2n) is 3.81. The van der Waals surface area contributed by atoms with Crippen LogP contribution in [0.15, 0.2) is 48.5 Å². The number of hydrogen-bond acceptors (Lipinski definition) is 2. The molecule has 1 N–H and O–H groups in total. The van der Waals surface area contributed by atoms with Crippen LogP contribution in [-0.4, -0.2) is 0 Å². The van der Waals surface area contributed by atoms with Crippen molar-refractivity contribution in [2.24, 2.45) is 0 Å². The largest absolute Gasteiger partial charge is 0.297 e. The number of halogens is 2. The lowest BCUT2D eigenvalue weighted by atomic mass is 10.2. The van der Waals surface area contributed by atoms with Crippen LogP contribution in [0, 0.1) is 5.82 Å². The molecule has 2 aromatic rings. The Labute approximate surface area is 110 Å². The van der Waals surface area contributed by atoms with Crippen LogP contribution in [0.2, 0.25) is 5.02 Å². The number of hydrogen-bond donors (Lipinski definition) is 1. The first-order valence-electron chi connectivity index (χ1n) is 5.59. The minimum atomic E-state index is -0.418. The standard InChI is InChI=1S/C14H13ClFNO/c15-14-12(7-4-8-13(14)16)9-17-18-10-11-5-2-1-3-6-11/h1-8,17H,9-10H2. The van der Waals surface area contributed by atoms with Gasteiger partial charge in [0.2, 0.25) is 0 Å². The molecule has 0 radical (unpaired) electrons. The Morgan fingerprint density at radius 3 is 2.61 bits per heavy atom. The molecule has 0 aliphatic carbocycles. The molecule has 0 saturated carbocycles. The molecule has 0 fully saturated rings. The quantitative estimate of drug-likeness (QED) is 0.657. The Kier molecular flexibility index (Phi) is 4.70. The summed E-state index contributed by atoms with van der Waals surface area (Å²) in [5.41, 5.74) is 4.50. The van der Waals surface area contributed by atoms with E-state index in [9.17, 15) is 4.39 Å². The van der Waals surface area contributed by atoms with E-state index in [1.54, 1.807) is 12.1 Å². The maximum atomic E-state index is 13.2. The van der Waals surface area contributed by atoms with Crippen LogP contribution in [-0.2, 0) is 18.0 Å². The molecule has 0 saturated heterocycles. The molecule has 2 nitrogen and oxygen atoms in total. The SMILES string of the molecule is Fc1cccc(CNOCc2ccccc2)c1Cl. The zero-order valence-electron chi connectivity index (χ0n) is 9.70. The van der Waals surface area contributed by atoms with Gasteiger partial charge >= 0.3 is 0 Å². The van der Waals surface area contributed by atoms with Gasteiger partial charge in [-0.05, 0) is 17.2 Å². The number of nitrogens with one attached hydrogen (secondary N) is 1. The number of hydroxylamine groups is 1. The van der Waals surface area contributed by atoms with E-state index in [1.807, 2.05) is 30.3 Å². The van der Waals surface area contributed by atoms with E-state index in [4.69, 9.17) is 16.4 Å². The summed E-state index contributed by atoms with van der Waals surface area (Å²) in [4.78, 5) is 5.29. The minimum Gasteiger partial charge on any atom is -0.297 e. The van der Waals surface area contributed by atoms with Gasteiger partial charge in [0.05, 0.1) is 11.6 Å². The van der Waals surface area contributed by atoms with Crippen molar-refractivity contribution in [3.8, 4) is 0 Å². The summed E-state index contributed by atoms with van der Waals surface area (Å²) in [7, 11) is 0. The molecule has 0 unspecified atom stereocenters. The highest BCUT2D eigenvalue weighted by atomic mass is 35.5. The molecule has 0 amide bonds. The van der Waals surface area contributed by atoms with Crippen molar-refractivity contribution in [3.63, 3.8) is 0 Å². The Balaban J connectivity index is 1.81. The van der Waals surface area contributed by atoms with Gasteiger partial charge in [-0.1, -0.05) is 54.1 Å². The van der Waals surface area contributed by atoms with Crippen LogP contribution in [0.3, 0.4) is 0 Å². The van der Waals surface area contributed by atoms with E-state index in [0.29, 0.717) is 18.7 Å². The van der Waals surface area contributed by atoms with Crippen molar-refractivity contribution in [1.29, 1.82) is 0 Å². The first kappa shape index (κ1) is 13.0. The van der Waals surface area contributed by atoms with Gasteiger partial charge < -0.3 is 0 Å². The third kappa shape index (κ3) is 3.53. The van der Waals surface area contributed by atoms with Gasteiger partial charge in [-0.3, -0.25) is 4.84 Å². The van der Waals surface area contributed by atoms with Gasteiger partial charge in [0.1, 0.15) is 5.82 Å². The Bertz CT molecular complexity index is 504. The smallest absolute Gasteiger partial charge is 0.142 e. The summed E-state index contributed by atoms with van der Waals surface area (Å²) >= 11 is 5.82. The van der Waals surface area contributed by atoms with Gasteiger partial charge in [0.25, 0.3) is 0 Å². The molecular weight excluding hydrogens is 253 g/mol. The van der Waals surface area contributed by atoms with Crippen LogP contribution in [0.25, 0.3) is 0 Å². The summed E-state index contributed by atoms with van der Waals surface area (Å²) < 4.78 is 13.2. The summed E-state index contributed by atoms with van der Waals surface area (Å²) in [5, 5.41) is 0.133. The van der Waals surface area contributed by atoms with Crippen molar-refractivity contribution in [1.82, 2.24) is 5.48 Å². The normalized spacial score (nSPS) is 10.6. The maximum Gasteiger partial charge on any atom is 0.142 e. The van der Waals surface area contributed by atoms with Crippen LogP contribution in [0.1, 0.15) is 11.1 Å². The fourth-order valence-corrected chi connectivity index (χ4v) is 1.72. The predicted octanol–water partition coefficient (Wildman–Crippen LogP) is 3.70. The minimum absolute atomic E-state index is 0.133. The average molecular weight is 266 g/mol. The lowest BCUT2D eigenvalue weighted by molar-refractivity contribution is 0.0235. The molecule has 18 heavy (non-hydrogen) atoms. The van der Waals surface area contributed by atoms with Crippen LogP contribution < -0.4 is 5.48 Å². The molecule has 4 heteroatoms. The first-order valence-corrected chi connectivity index (χ1v) is 5.96. The Hall–Kier alpha value is -1.42. The average Bonchev–Trinajstić information content (AvgIpc) is 2.40. The molecule has 0 atom stereocenters. The summed E-state index contributed by atoms with van der Waals surface area (Å²) in [6, 6.07) is 14.5. The molecule has 0 spiro atoms. The van der Waals surface area contributed by atoms with Crippen LogP contribution in [0.5, 0.6) is 0 Å². The summed E-state index contributed by atoms with van der Waals surface area (Å²) in [6.07, 6.45) is 0. The summed E-state index contributed by atoms with van der Waals surface area (Å²) in [6.45, 7) is 0.817. The fraction of sp³-hybridized carbons (Fsp3) is 0.143. The third-order valence-corrected chi connectivity index (χ3v) is 2.90. The van der Waals surface area contributed by atoms with Gasteiger partial charge in [0.15, 0.2) is 0 Å².